The fourth-order valence-corrected chi connectivity index (χ4v) is 4.64. The quantitative estimate of drug-likeness (QED) is 0.369. The lowest BCUT2D eigenvalue weighted by molar-refractivity contribution is 0.244. The summed E-state index contributed by atoms with van der Waals surface area (Å²) in [6.07, 6.45) is 0. The highest BCUT2D eigenvalue weighted by Crippen LogP contribution is 2.40. The van der Waals surface area contributed by atoms with Crippen molar-refractivity contribution in [3.05, 3.63) is 93.8 Å². The Morgan fingerprint density at radius 1 is 1.03 bits per heavy atom. The lowest BCUT2D eigenvalue weighted by atomic mass is 9.92. The van der Waals surface area contributed by atoms with E-state index >= 15 is 0 Å². The first-order valence-corrected chi connectivity index (χ1v) is 11.4. The van der Waals surface area contributed by atoms with Gasteiger partial charge in [0.15, 0.2) is 11.6 Å². The largest absolute Gasteiger partial charge is 0.334 e. The summed E-state index contributed by atoms with van der Waals surface area (Å²) in [7, 11) is 0. The van der Waals surface area contributed by atoms with Crippen LogP contribution in [0.2, 0.25) is 0 Å². The standard InChI is InChI=1S/C25H20F2N4O2S/c1-13-6-7-16(11-14(13)2)22-21(24-29-23(30-33-24)20-5-4-10-34-20)15(3)31(25(32)28-22)17-8-9-18(26)19(27)12-17/h4-12,22H,1-3H3,(H,28,32). The van der Waals surface area contributed by atoms with E-state index in [9.17, 15) is 13.6 Å². The molecule has 1 unspecified atom stereocenters. The first-order chi connectivity index (χ1) is 16.3. The predicted octanol–water partition coefficient (Wildman–Crippen LogP) is 6.40. The number of carbonyl (C=O) groups excluding carboxylic acids is 1. The lowest BCUT2D eigenvalue weighted by Crippen LogP contribution is -2.46. The number of aromatic nitrogens is 2. The van der Waals surface area contributed by atoms with Crippen LogP contribution in [-0.4, -0.2) is 16.2 Å². The maximum atomic E-state index is 14.0. The van der Waals surface area contributed by atoms with Gasteiger partial charge in [0.1, 0.15) is 0 Å². The van der Waals surface area contributed by atoms with Crippen molar-refractivity contribution in [1.29, 1.82) is 0 Å². The van der Waals surface area contributed by atoms with Crippen molar-refractivity contribution in [2.75, 3.05) is 4.90 Å². The van der Waals surface area contributed by atoms with Gasteiger partial charge < -0.3 is 9.84 Å². The number of carbonyl (C=O) groups is 1. The lowest BCUT2D eigenvalue weighted by Gasteiger charge is -2.35. The number of benzene rings is 2. The number of urea groups is 1. The van der Waals surface area contributed by atoms with Crippen LogP contribution in [-0.2, 0) is 0 Å². The Hall–Kier alpha value is -3.85. The van der Waals surface area contributed by atoms with Gasteiger partial charge in [-0.05, 0) is 61.0 Å². The molecule has 2 aromatic heterocycles. The van der Waals surface area contributed by atoms with Crippen molar-refractivity contribution >= 4 is 28.6 Å². The summed E-state index contributed by atoms with van der Waals surface area (Å²) in [5.74, 6) is -1.38. The highest BCUT2D eigenvalue weighted by Gasteiger charge is 2.37. The molecule has 172 valence electrons. The van der Waals surface area contributed by atoms with Crippen molar-refractivity contribution in [2.45, 2.75) is 26.8 Å². The van der Waals surface area contributed by atoms with Crippen LogP contribution in [0.5, 0.6) is 0 Å². The topological polar surface area (TPSA) is 71.3 Å². The van der Waals surface area contributed by atoms with Gasteiger partial charge in [-0.15, -0.1) is 11.3 Å². The Balaban J connectivity index is 1.68. The summed E-state index contributed by atoms with van der Waals surface area (Å²) in [5, 5.41) is 9.01. The molecular weight excluding hydrogens is 458 g/mol. The second-order valence-electron chi connectivity index (χ2n) is 8.06. The van der Waals surface area contributed by atoms with Gasteiger partial charge in [-0.2, -0.15) is 4.98 Å². The number of rotatable bonds is 4. The zero-order valence-electron chi connectivity index (χ0n) is 18.6. The van der Waals surface area contributed by atoms with Crippen molar-refractivity contribution in [3.8, 4) is 10.7 Å². The summed E-state index contributed by atoms with van der Waals surface area (Å²) in [6, 6.07) is 12.0. The molecule has 0 saturated carbocycles. The highest BCUT2D eigenvalue weighted by molar-refractivity contribution is 7.13. The third-order valence-corrected chi connectivity index (χ3v) is 6.77. The zero-order valence-corrected chi connectivity index (χ0v) is 19.4. The molecule has 1 aliphatic rings. The third kappa shape index (κ3) is 3.77. The maximum Gasteiger partial charge on any atom is 0.327 e. The molecule has 0 fully saturated rings. The van der Waals surface area contributed by atoms with E-state index in [0.717, 1.165) is 33.7 Å². The number of hydrogen-bond acceptors (Lipinski definition) is 5. The van der Waals surface area contributed by atoms with Crippen LogP contribution in [0, 0.1) is 25.5 Å². The molecule has 4 aromatic rings. The average Bonchev–Trinajstić information content (AvgIpc) is 3.50. The van der Waals surface area contributed by atoms with E-state index in [2.05, 4.69) is 15.5 Å². The van der Waals surface area contributed by atoms with Gasteiger partial charge in [-0.3, -0.25) is 4.90 Å². The number of nitrogens with zero attached hydrogens (tertiary/aromatic N) is 3. The van der Waals surface area contributed by atoms with Crippen molar-refractivity contribution in [3.63, 3.8) is 0 Å². The van der Waals surface area contributed by atoms with Gasteiger partial charge >= 0.3 is 6.03 Å². The monoisotopic (exact) mass is 478 g/mol. The van der Waals surface area contributed by atoms with Crippen molar-refractivity contribution < 1.29 is 18.1 Å². The first kappa shape index (κ1) is 22.0. The summed E-state index contributed by atoms with van der Waals surface area (Å²) in [6.45, 7) is 5.73. The van der Waals surface area contributed by atoms with Gasteiger partial charge in [0.25, 0.3) is 5.89 Å². The van der Waals surface area contributed by atoms with Crippen molar-refractivity contribution in [2.24, 2.45) is 0 Å². The predicted molar refractivity (Wildman–Crippen MR) is 126 cm³/mol. The molecule has 2 aromatic carbocycles. The molecule has 9 heteroatoms. The van der Waals surface area contributed by atoms with E-state index in [1.54, 1.807) is 6.92 Å². The summed E-state index contributed by atoms with van der Waals surface area (Å²) >= 11 is 1.48. The normalized spacial score (nSPS) is 16.2. The molecule has 1 aliphatic heterocycles. The van der Waals surface area contributed by atoms with Gasteiger partial charge in [0.2, 0.25) is 5.82 Å². The molecule has 0 saturated heterocycles. The highest BCUT2D eigenvalue weighted by atomic mass is 32.1. The minimum absolute atomic E-state index is 0.183. The summed E-state index contributed by atoms with van der Waals surface area (Å²) in [4.78, 5) is 19.9. The Kier molecular flexibility index (Phi) is 5.49. The minimum Gasteiger partial charge on any atom is -0.334 e. The fraction of sp³-hybridized carbons (Fsp3) is 0.160. The summed E-state index contributed by atoms with van der Waals surface area (Å²) in [5.41, 5.74) is 4.25. The second-order valence-corrected chi connectivity index (χ2v) is 9.01. The number of nitrogens with one attached hydrogen (secondary N) is 1. The maximum absolute atomic E-state index is 14.0. The van der Waals surface area contributed by atoms with Crippen LogP contribution >= 0.6 is 11.3 Å². The molecule has 0 bridgehead atoms. The molecule has 2 amide bonds. The summed E-state index contributed by atoms with van der Waals surface area (Å²) < 4.78 is 33.2. The molecule has 6 nitrogen and oxygen atoms in total. The second kappa shape index (κ2) is 8.49. The van der Waals surface area contributed by atoms with Crippen LogP contribution in [0.1, 0.15) is 35.5 Å². The smallest absolute Gasteiger partial charge is 0.327 e. The van der Waals surface area contributed by atoms with Gasteiger partial charge in [0.05, 0.1) is 22.2 Å². The fourth-order valence-electron chi connectivity index (χ4n) is 3.99. The number of hydrogen-bond donors (Lipinski definition) is 1. The van der Waals surface area contributed by atoms with Crippen molar-refractivity contribution in [1.82, 2.24) is 15.5 Å². The molecule has 0 radical (unpaired) electrons. The number of amides is 2. The third-order valence-electron chi connectivity index (χ3n) is 5.91. The molecule has 0 aliphatic carbocycles. The number of aryl methyl sites for hydroxylation is 2. The Bertz CT molecular complexity index is 1430. The van der Waals surface area contributed by atoms with Gasteiger partial charge in [-0.25, -0.2) is 13.6 Å². The van der Waals surface area contributed by atoms with Crippen LogP contribution in [0.25, 0.3) is 16.3 Å². The van der Waals surface area contributed by atoms with Crippen LogP contribution in [0.3, 0.4) is 0 Å². The first-order valence-electron chi connectivity index (χ1n) is 10.5. The van der Waals surface area contributed by atoms with E-state index < -0.39 is 23.7 Å². The van der Waals surface area contributed by atoms with Gasteiger partial charge in [0, 0.05) is 11.8 Å². The molecule has 5 rings (SSSR count). The number of anilines is 1. The Labute approximate surface area is 198 Å². The van der Waals surface area contributed by atoms with E-state index in [1.165, 1.54) is 22.3 Å². The molecule has 1 N–H and O–H groups in total. The SMILES string of the molecule is CC1=C(c2nc(-c3cccs3)no2)C(c2ccc(C)c(C)c2)NC(=O)N1c1ccc(F)c(F)c1. The van der Waals surface area contributed by atoms with E-state index in [0.29, 0.717) is 17.1 Å². The Morgan fingerprint density at radius 2 is 1.85 bits per heavy atom. The molecular formula is C25H20F2N4O2S. The molecule has 3 heterocycles. The van der Waals surface area contributed by atoms with Crippen LogP contribution < -0.4 is 10.2 Å². The van der Waals surface area contributed by atoms with E-state index in [-0.39, 0.29) is 11.6 Å². The van der Waals surface area contributed by atoms with Gasteiger partial charge in [-0.1, -0.05) is 29.4 Å². The number of allylic oxidation sites excluding steroid dienone is 1. The van der Waals surface area contributed by atoms with E-state index in [4.69, 9.17) is 4.52 Å². The molecule has 0 spiro atoms. The number of thiophene rings is 1. The average molecular weight is 479 g/mol. The molecule has 34 heavy (non-hydrogen) atoms. The molecule has 1 atom stereocenters. The number of halogens is 2. The minimum atomic E-state index is -1.05. The zero-order chi connectivity index (χ0) is 24.0. The Morgan fingerprint density at radius 3 is 2.56 bits per heavy atom. The van der Waals surface area contributed by atoms with E-state index in [1.807, 2.05) is 49.6 Å². The van der Waals surface area contributed by atoms with Crippen LogP contribution in [0.15, 0.2) is 64.1 Å². The van der Waals surface area contributed by atoms with Crippen LogP contribution in [0.4, 0.5) is 19.3 Å².